The summed E-state index contributed by atoms with van der Waals surface area (Å²) in [5, 5.41) is 8.12. The van der Waals surface area contributed by atoms with Gasteiger partial charge in [0.05, 0.1) is 5.69 Å². The summed E-state index contributed by atoms with van der Waals surface area (Å²) in [4.78, 5) is 0. The molecule has 1 atom stereocenters. The Morgan fingerprint density at radius 3 is 2.52 bits per heavy atom. The molecule has 1 heterocycles. The average Bonchev–Trinajstić information content (AvgIpc) is 3.27. The minimum absolute atomic E-state index is 0.170. The van der Waals surface area contributed by atoms with Crippen molar-refractivity contribution in [1.29, 1.82) is 0 Å². The molecule has 2 aliphatic rings. The van der Waals surface area contributed by atoms with Crippen LogP contribution in [0.4, 0.5) is 10.1 Å². The molecule has 1 aromatic heterocycles. The van der Waals surface area contributed by atoms with Gasteiger partial charge in [-0.2, -0.15) is 0 Å². The van der Waals surface area contributed by atoms with Crippen molar-refractivity contribution in [3.05, 3.63) is 82.5 Å². The highest BCUT2D eigenvalue weighted by molar-refractivity contribution is 5.49. The maximum atomic E-state index is 13.1. The predicted octanol–water partition coefficient (Wildman–Crippen LogP) is 6.62. The van der Waals surface area contributed by atoms with Crippen LogP contribution in [0.15, 0.2) is 53.3 Å². The van der Waals surface area contributed by atoms with Crippen LogP contribution in [0.25, 0.3) is 0 Å². The Labute approximate surface area is 184 Å². The van der Waals surface area contributed by atoms with E-state index in [0.717, 1.165) is 43.5 Å². The van der Waals surface area contributed by atoms with Gasteiger partial charge in [-0.05, 0) is 79.3 Å². The van der Waals surface area contributed by atoms with Gasteiger partial charge in [-0.3, -0.25) is 0 Å². The van der Waals surface area contributed by atoms with E-state index in [1.807, 2.05) is 12.1 Å². The van der Waals surface area contributed by atoms with Gasteiger partial charge in [-0.1, -0.05) is 54.8 Å². The van der Waals surface area contributed by atoms with Gasteiger partial charge in [-0.25, -0.2) is 4.39 Å². The van der Waals surface area contributed by atoms with Crippen molar-refractivity contribution < 1.29 is 8.91 Å². The highest BCUT2D eigenvalue weighted by Crippen LogP contribution is 2.36. The van der Waals surface area contributed by atoms with Crippen molar-refractivity contribution in [2.45, 2.75) is 76.2 Å². The summed E-state index contributed by atoms with van der Waals surface area (Å²) >= 11 is 0. The highest BCUT2D eigenvalue weighted by atomic mass is 19.1. The van der Waals surface area contributed by atoms with Crippen LogP contribution in [0, 0.1) is 5.82 Å². The number of aromatic nitrogens is 1. The first-order chi connectivity index (χ1) is 15.2. The number of aryl methyl sites for hydroxylation is 3. The molecule has 3 aromatic rings. The van der Waals surface area contributed by atoms with Crippen LogP contribution < -0.4 is 5.32 Å². The molecule has 1 saturated carbocycles. The molecule has 1 unspecified atom stereocenters. The molecular formula is C27H31FN2O. The molecule has 0 bridgehead atoms. The summed E-state index contributed by atoms with van der Waals surface area (Å²) in [5.74, 6) is 0.249. The summed E-state index contributed by atoms with van der Waals surface area (Å²) in [6.07, 6.45) is 13.4. The van der Waals surface area contributed by atoms with E-state index in [9.17, 15) is 4.39 Å². The van der Waals surface area contributed by atoms with Crippen molar-refractivity contribution >= 4 is 5.69 Å². The third kappa shape index (κ3) is 4.84. The first-order valence-corrected chi connectivity index (χ1v) is 11.8. The lowest BCUT2D eigenvalue weighted by Crippen LogP contribution is -2.23. The SMILES string of the molecule is Fc1ccc(CCc2ccc3c(c2)CCC(c2nocc2NC2CCCCC2)C3)cc1. The molecule has 0 saturated heterocycles. The lowest BCUT2D eigenvalue weighted by molar-refractivity contribution is 0.399. The molecule has 3 nitrogen and oxygen atoms in total. The molecule has 0 radical (unpaired) electrons. The number of fused-ring (bicyclic) bond motifs is 1. The van der Waals surface area contributed by atoms with Crippen molar-refractivity contribution in [3.8, 4) is 0 Å². The molecule has 1 N–H and O–H groups in total. The van der Waals surface area contributed by atoms with Crippen molar-refractivity contribution in [2.75, 3.05) is 5.32 Å². The number of halogens is 1. The lowest BCUT2D eigenvalue weighted by Gasteiger charge is -2.27. The summed E-state index contributed by atoms with van der Waals surface area (Å²) in [6.45, 7) is 0. The molecule has 2 aliphatic carbocycles. The van der Waals surface area contributed by atoms with Crippen LogP contribution in [0.3, 0.4) is 0 Å². The molecule has 31 heavy (non-hydrogen) atoms. The van der Waals surface area contributed by atoms with Gasteiger partial charge in [0.25, 0.3) is 0 Å². The minimum Gasteiger partial charge on any atom is -0.378 e. The van der Waals surface area contributed by atoms with Gasteiger partial charge in [0.2, 0.25) is 0 Å². The maximum Gasteiger partial charge on any atom is 0.147 e. The number of hydrogen-bond acceptors (Lipinski definition) is 3. The number of hydrogen-bond donors (Lipinski definition) is 1. The maximum absolute atomic E-state index is 13.1. The van der Waals surface area contributed by atoms with Crippen LogP contribution in [-0.4, -0.2) is 11.2 Å². The third-order valence-corrected chi connectivity index (χ3v) is 7.06. The first-order valence-electron chi connectivity index (χ1n) is 11.8. The topological polar surface area (TPSA) is 38.1 Å². The zero-order valence-electron chi connectivity index (χ0n) is 18.1. The van der Waals surface area contributed by atoms with E-state index < -0.39 is 0 Å². The van der Waals surface area contributed by atoms with Crippen LogP contribution in [0.2, 0.25) is 0 Å². The van der Waals surface area contributed by atoms with Crippen molar-refractivity contribution in [1.82, 2.24) is 5.16 Å². The van der Waals surface area contributed by atoms with E-state index >= 15 is 0 Å². The van der Waals surface area contributed by atoms with Crippen molar-refractivity contribution in [2.24, 2.45) is 0 Å². The number of anilines is 1. The zero-order valence-corrected chi connectivity index (χ0v) is 18.1. The van der Waals surface area contributed by atoms with Crippen LogP contribution in [-0.2, 0) is 25.7 Å². The van der Waals surface area contributed by atoms with E-state index in [2.05, 4.69) is 28.7 Å². The van der Waals surface area contributed by atoms with E-state index in [-0.39, 0.29) is 5.82 Å². The smallest absolute Gasteiger partial charge is 0.147 e. The second-order valence-corrected chi connectivity index (χ2v) is 9.26. The largest absolute Gasteiger partial charge is 0.378 e. The lowest BCUT2D eigenvalue weighted by atomic mass is 9.81. The quantitative estimate of drug-likeness (QED) is 0.489. The minimum atomic E-state index is -0.170. The average molecular weight is 419 g/mol. The normalized spacial score (nSPS) is 19.2. The van der Waals surface area contributed by atoms with E-state index in [1.54, 1.807) is 18.4 Å². The Balaban J connectivity index is 1.23. The Kier molecular flexibility index (Phi) is 6.06. The van der Waals surface area contributed by atoms with Gasteiger partial charge in [-0.15, -0.1) is 0 Å². The summed E-state index contributed by atoms with van der Waals surface area (Å²) in [7, 11) is 0. The number of nitrogens with one attached hydrogen (secondary N) is 1. The standard InChI is InChI=1S/C27H31FN2O/c28-24-14-9-19(10-15-24)6-7-20-8-11-22-17-23(13-12-21(22)16-20)27-26(18-31-30-27)29-25-4-2-1-3-5-25/h8-11,14-16,18,23,25,29H,1-7,12-13,17H2. The summed E-state index contributed by atoms with van der Waals surface area (Å²) in [5.41, 5.74) is 7.67. The van der Waals surface area contributed by atoms with Gasteiger partial charge in [0, 0.05) is 12.0 Å². The summed E-state index contributed by atoms with van der Waals surface area (Å²) in [6, 6.07) is 14.4. The predicted molar refractivity (Wildman–Crippen MR) is 122 cm³/mol. The zero-order chi connectivity index (χ0) is 21.0. The summed E-state index contributed by atoms with van der Waals surface area (Å²) < 4.78 is 18.5. The van der Waals surface area contributed by atoms with E-state index in [0.29, 0.717) is 12.0 Å². The number of benzene rings is 2. The first kappa shape index (κ1) is 20.3. The molecule has 1 fully saturated rings. The van der Waals surface area contributed by atoms with Gasteiger partial charge in [0.1, 0.15) is 17.8 Å². The molecule has 0 aliphatic heterocycles. The molecule has 0 amide bonds. The Morgan fingerprint density at radius 1 is 0.903 bits per heavy atom. The highest BCUT2D eigenvalue weighted by Gasteiger charge is 2.26. The van der Waals surface area contributed by atoms with E-state index in [4.69, 9.17) is 4.52 Å². The third-order valence-electron chi connectivity index (χ3n) is 7.06. The van der Waals surface area contributed by atoms with Crippen LogP contribution in [0.5, 0.6) is 0 Å². The molecule has 2 aromatic carbocycles. The fourth-order valence-electron chi connectivity index (χ4n) is 5.25. The fraction of sp³-hybridized carbons (Fsp3) is 0.444. The second kappa shape index (κ2) is 9.25. The molecule has 0 spiro atoms. The van der Waals surface area contributed by atoms with Gasteiger partial charge >= 0.3 is 0 Å². The number of rotatable bonds is 6. The second-order valence-electron chi connectivity index (χ2n) is 9.26. The van der Waals surface area contributed by atoms with Gasteiger partial charge < -0.3 is 9.84 Å². The van der Waals surface area contributed by atoms with E-state index in [1.165, 1.54) is 54.4 Å². The Hall–Kier alpha value is -2.62. The fourth-order valence-corrected chi connectivity index (χ4v) is 5.25. The Morgan fingerprint density at radius 2 is 1.68 bits per heavy atom. The van der Waals surface area contributed by atoms with Crippen molar-refractivity contribution in [3.63, 3.8) is 0 Å². The molecular weight excluding hydrogens is 387 g/mol. The molecule has 4 heteroatoms. The van der Waals surface area contributed by atoms with Crippen LogP contribution in [0.1, 0.15) is 72.4 Å². The Bertz CT molecular complexity index is 1000. The molecule has 5 rings (SSSR count). The van der Waals surface area contributed by atoms with Crippen LogP contribution >= 0.6 is 0 Å². The monoisotopic (exact) mass is 418 g/mol. The van der Waals surface area contributed by atoms with Gasteiger partial charge in [0.15, 0.2) is 0 Å². The molecule has 162 valence electrons. The number of nitrogens with zero attached hydrogens (tertiary/aromatic N) is 1.